The third-order valence-electron chi connectivity index (χ3n) is 4.59. The lowest BCUT2D eigenvalue weighted by Crippen LogP contribution is -2.41. The first-order valence-corrected chi connectivity index (χ1v) is 8.32. The van der Waals surface area contributed by atoms with Crippen LogP contribution in [0.5, 0.6) is 5.75 Å². The summed E-state index contributed by atoms with van der Waals surface area (Å²) >= 11 is 0. The molecule has 0 unspecified atom stereocenters. The Kier molecular flexibility index (Phi) is 6.27. The minimum absolute atomic E-state index is 0.0769. The molecule has 2 rings (SSSR count). The van der Waals surface area contributed by atoms with Crippen molar-refractivity contribution in [2.45, 2.75) is 38.9 Å². The smallest absolute Gasteiger partial charge is 0.467 e. The quantitative estimate of drug-likeness (QED) is 0.605. The minimum Gasteiger partial charge on any atom is -0.467 e. The fraction of sp³-hybridized carbons (Fsp3) is 0.556. The highest BCUT2D eigenvalue weighted by Gasteiger charge is 2.52. The molecule has 5 nitrogen and oxygen atoms in total. The van der Waals surface area contributed by atoms with E-state index in [1.165, 1.54) is 13.2 Å². The van der Waals surface area contributed by atoms with E-state index in [0.29, 0.717) is 17.9 Å². The molecule has 0 amide bonds. The van der Waals surface area contributed by atoms with Gasteiger partial charge in [0.05, 0.1) is 11.2 Å². The van der Waals surface area contributed by atoms with E-state index in [9.17, 15) is 4.39 Å². The molecule has 0 atom stereocenters. The molecule has 1 saturated heterocycles. The van der Waals surface area contributed by atoms with Gasteiger partial charge in [-0.05, 0) is 52.3 Å². The molecule has 138 valence electrons. The number of nitrogens with one attached hydrogen (secondary N) is 1. The molecule has 0 aliphatic carbocycles. The Balaban J connectivity index is 2.26. The second-order valence-electron chi connectivity index (χ2n) is 7.07. The molecule has 1 aliphatic heterocycles. The summed E-state index contributed by atoms with van der Waals surface area (Å²) in [6.07, 6.45) is 1.76. The van der Waals surface area contributed by atoms with Crippen molar-refractivity contribution in [1.82, 2.24) is 5.32 Å². The number of hydrogen-bond donors (Lipinski definition) is 1. The summed E-state index contributed by atoms with van der Waals surface area (Å²) in [5.41, 5.74) is 0.386. The molecular weight excluding hydrogens is 324 g/mol. The van der Waals surface area contributed by atoms with Crippen LogP contribution in [-0.2, 0) is 14.0 Å². The summed E-state index contributed by atoms with van der Waals surface area (Å²) < 4.78 is 36.6. The number of methoxy groups -OCH3 is 1. The lowest BCUT2D eigenvalue weighted by Gasteiger charge is -2.32. The summed E-state index contributed by atoms with van der Waals surface area (Å²) in [5.74, 6) is 0.0426. The number of likely N-dealkylation sites (N-methyl/N-ethyl adjacent to an activating group) is 1. The van der Waals surface area contributed by atoms with Crippen molar-refractivity contribution in [3.05, 3.63) is 35.1 Å². The van der Waals surface area contributed by atoms with Crippen LogP contribution < -0.4 is 10.1 Å². The van der Waals surface area contributed by atoms with Crippen LogP contribution in [0, 0.1) is 5.82 Å². The van der Waals surface area contributed by atoms with Crippen molar-refractivity contribution in [2.24, 2.45) is 0 Å². The summed E-state index contributed by atoms with van der Waals surface area (Å²) in [6, 6.07) is 4.71. The highest BCUT2D eigenvalue weighted by atomic mass is 19.1. The molecule has 1 aliphatic rings. The number of hydrogen-bond acceptors (Lipinski definition) is 5. The maximum atomic E-state index is 14.4. The van der Waals surface area contributed by atoms with Crippen molar-refractivity contribution >= 4 is 13.2 Å². The van der Waals surface area contributed by atoms with Crippen molar-refractivity contribution in [2.75, 3.05) is 27.5 Å². The van der Waals surface area contributed by atoms with Crippen LogP contribution in [-0.4, -0.2) is 45.8 Å². The molecule has 0 radical (unpaired) electrons. The van der Waals surface area contributed by atoms with Gasteiger partial charge in [-0.25, -0.2) is 4.39 Å². The maximum absolute atomic E-state index is 14.4. The van der Waals surface area contributed by atoms with Crippen LogP contribution in [0.4, 0.5) is 4.39 Å². The van der Waals surface area contributed by atoms with Gasteiger partial charge in [-0.1, -0.05) is 6.08 Å². The van der Waals surface area contributed by atoms with Gasteiger partial charge >= 0.3 is 7.12 Å². The Hall–Kier alpha value is -1.41. The van der Waals surface area contributed by atoms with E-state index in [-0.39, 0.29) is 12.6 Å². The highest BCUT2D eigenvalue weighted by molar-refractivity contribution is 6.55. The van der Waals surface area contributed by atoms with E-state index < -0.39 is 18.3 Å². The summed E-state index contributed by atoms with van der Waals surface area (Å²) in [5, 5.41) is 3.09. The topological polar surface area (TPSA) is 49.0 Å². The molecule has 1 aromatic carbocycles. The normalized spacial score (nSPS) is 19.3. The van der Waals surface area contributed by atoms with Gasteiger partial charge in [-0.15, -0.1) is 0 Å². The molecule has 0 bridgehead atoms. The zero-order chi connectivity index (χ0) is 18.7. The van der Waals surface area contributed by atoms with Gasteiger partial charge in [0.15, 0.2) is 6.79 Å². The van der Waals surface area contributed by atoms with E-state index in [0.717, 1.165) is 5.47 Å². The molecule has 0 spiro atoms. The fourth-order valence-corrected chi connectivity index (χ4v) is 2.44. The lowest BCUT2D eigenvalue weighted by atomic mass is 9.77. The first-order chi connectivity index (χ1) is 11.7. The molecule has 7 heteroatoms. The second-order valence-corrected chi connectivity index (χ2v) is 7.07. The number of halogens is 1. The van der Waals surface area contributed by atoms with Crippen LogP contribution in [0.25, 0.3) is 6.08 Å². The van der Waals surface area contributed by atoms with E-state index in [2.05, 4.69) is 5.32 Å². The van der Waals surface area contributed by atoms with Crippen LogP contribution >= 0.6 is 0 Å². The SMILES string of the molecule is CNCC(=Cc1ccc(OCOC)cc1F)B1OC(C)(C)C(C)(C)O1. The van der Waals surface area contributed by atoms with Crippen molar-refractivity contribution < 1.29 is 23.2 Å². The molecule has 1 N–H and O–H groups in total. The van der Waals surface area contributed by atoms with Gasteiger partial charge in [0.2, 0.25) is 0 Å². The van der Waals surface area contributed by atoms with Crippen molar-refractivity contribution in [3.63, 3.8) is 0 Å². The van der Waals surface area contributed by atoms with E-state index in [1.807, 2.05) is 34.7 Å². The number of rotatable bonds is 7. The van der Waals surface area contributed by atoms with Crippen LogP contribution in [0.2, 0.25) is 0 Å². The predicted molar refractivity (Wildman–Crippen MR) is 96.9 cm³/mol. The number of ether oxygens (including phenoxy) is 2. The average Bonchev–Trinajstić information content (AvgIpc) is 2.75. The van der Waals surface area contributed by atoms with Gasteiger partial charge in [0.1, 0.15) is 11.6 Å². The molecular formula is C18H27BFNO4. The molecule has 1 fully saturated rings. The largest absolute Gasteiger partial charge is 0.491 e. The summed E-state index contributed by atoms with van der Waals surface area (Å²) in [6.45, 7) is 8.57. The molecule has 1 aromatic rings. The predicted octanol–water partition coefficient (Wildman–Crippen LogP) is 3.04. The Morgan fingerprint density at radius 1 is 1.24 bits per heavy atom. The van der Waals surface area contributed by atoms with Gasteiger partial charge in [-0.3, -0.25) is 0 Å². The van der Waals surface area contributed by atoms with Crippen LogP contribution in [0.3, 0.4) is 0 Å². The minimum atomic E-state index is -0.527. The molecule has 0 aromatic heterocycles. The van der Waals surface area contributed by atoms with Crippen molar-refractivity contribution in [3.8, 4) is 5.75 Å². The highest BCUT2D eigenvalue weighted by Crippen LogP contribution is 2.38. The second kappa shape index (κ2) is 7.87. The lowest BCUT2D eigenvalue weighted by molar-refractivity contribution is 0.00578. The standard InChI is InChI=1S/C18H27BFNO4/c1-17(2)18(3,4)25-19(24-17)14(11-21-5)9-13-7-8-15(10-16(13)20)23-12-22-6/h7-10,21H,11-12H2,1-6H3. The molecule has 25 heavy (non-hydrogen) atoms. The maximum Gasteiger partial charge on any atom is 0.491 e. The van der Waals surface area contributed by atoms with Gasteiger partial charge in [-0.2, -0.15) is 0 Å². The Bertz CT molecular complexity index is 618. The van der Waals surface area contributed by atoms with E-state index >= 15 is 0 Å². The van der Waals surface area contributed by atoms with Gasteiger partial charge in [0, 0.05) is 25.3 Å². The third-order valence-corrected chi connectivity index (χ3v) is 4.59. The Labute approximate surface area is 149 Å². The zero-order valence-electron chi connectivity index (χ0n) is 15.8. The molecule has 0 saturated carbocycles. The van der Waals surface area contributed by atoms with Gasteiger partial charge < -0.3 is 24.1 Å². The third kappa shape index (κ3) is 4.61. The first-order valence-electron chi connectivity index (χ1n) is 8.32. The zero-order valence-corrected chi connectivity index (χ0v) is 15.8. The van der Waals surface area contributed by atoms with E-state index in [4.69, 9.17) is 18.8 Å². The van der Waals surface area contributed by atoms with Gasteiger partial charge in [0.25, 0.3) is 0 Å². The van der Waals surface area contributed by atoms with E-state index in [1.54, 1.807) is 18.2 Å². The monoisotopic (exact) mass is 351 g/mol. The number of benzene rings is 1. The Morgan fingerprint density at radius 3 is 2.40 bits per heavy atom. The van der Waals surface area contributed by atoms with Crippen LogP contribution in [0.1, 0.15) is 33.3 Å². The Morgan fingerprint density at radius 2 is 1.88 bits per heavy atom. The summed E-state index contributed by atoms with van der Waals surface area (Å²) in [4.78, 5) is 0. The fourth-order valence-electron chi connectivity index (χ4n) is 2.44. The molecule has 1 heterocycles. The first kappa shape index (κ1) is 19.9. The average molecular weight is 351 g/mol. The van der Waals surface area contributed by atoms with Crippen molar-refractivity contribution in [1.29, 1.82) is 0 Å². The van der Waals surface area contributed by atoms with Crippen LogP contribution in [0.15, 0.2) is 23.7 Å². The summed E-state index contributed by atoms with van der Waals surface area (Å²) in [7, 11) is 2.82.